The van der Waals surface area contributed by atoms with Gasteiger partial charge in [0.05, 0.1) is 11.0 Å². The first-order chi connectivity index (χ1) is 10.8. The van der Waals surface area contributed by atoms with Crippen LogP contribution >= 0.6 is 0 Å². The molecule has 0 aliphatic carbocycles. The van der Waals surface area contributed by atoms with Gasteiger partial charge in [0.2, 0.25) is 0 Å². The van der Waals surface area contributed by atoms with E-state index in [1.54, 1.807) is 20.8 Å². The zero-order valence-corrected chi connectivity index (χ0v) is 13.6. The SMILES string of the molecule is CC(C)(C)OC(=O)N(c1ccncc1[N+](=O)[O-])C1CCCNC1. The molecule has 1 saturated heterocycles. The van der Waals surface area contributed by atoms with Gasteiger partial charge in [0.1, 0.15) is 17.5 Å². The average Bonchev–Trinajstić information content (AvgIpc) is 2.47. The van der Waals surface area contributed by atoms with E-state index in [2.05, 4.69) is 10.3 Å². The smallest absolute Gasteiger partial charge is 0.415 e. The first kappa shape index (κ1) is 17.1. The summed E-state index contributed by atoms with van der Waals surface area (Å²) in [6.45, 7) is 6.74. The number of rotatable bonds is 3. The molecule has 1 atom stereocenters. The first-order valence-corrected chi connectivity index (χ1v) is 7.61. The second-order valence-corrected chi connectivity index (χ2v) is 6.47. The van der Waals surface area contributed by atoms with Crippen molar-refractivity contribution in [1.29, 1.82) is 0 Å². The van der Waals surface area contributed by atoms with E-state index in [1.165, 1.54) is 17.2 Å². The molecule has 1 aromatic heterocycles. The molecule has 0 spiro atoms. The molecule has 1 fully saturated rings. The van der Waals surface area contributed by atoms with Gasteiger partial charge in [-0.2, -0.15) is 0 Å². The van der Waals surface area contributed by atoms with Gasteiger partial charge in [-0.15, -0.1) is 0 Å². The maximum atomic E-state index is 12.7. The zero-order valence-electron chi connectivity index (χ0n) is 13.6. The number of nitrogens with zero attached hydrogens (tertiary/aromatic N) is 3. The molecule has 23 heavy (non-hydrogen) atoms. The van der Waals surface area contributed by atoms with E-state index in [0.29, 0.717) is 6.54 Å². The Morgan fingerprint density at radius 1 is 1.52 bits per heavy atom. The van der Waals surface area contributed by atoms with Crippen LogP contribution in [0.4, 0.5) is 16.2 Å². The van der Waals surface area contributed by atoms with E-state index in [-0.39, 0.29) is 17.4 Å². The maximum Gasteiger partial charge on any atom is 0.415 e. The molecule has 2 heterocycles. The molecule has 8 nitrogen and oxygen atoms in total. The lowest BCUT2D eigenvalue weighted by Crippen LogP contribution is -2.50. The maximum absolute atomic E-state index is 12.7. The van der Waals surface area contributed by atoms with Gasteiger partial charge in [0.25, 0.3) is 0 Å². The number of piperidine rings is 1. The lowest BCUT2D eigenvalue weighted by molar-refractivity contribution is -0.384. The minimum Gasteiger partial charge on any atom is -0.443 e. The third-order valence-corrected chi connectivity index (χ3v) is 3.46. The summed E-state index contributed by atoms with van der Waals surface area (Å²) in [6.07, 6.45) is 3.66. The predicted octanol–water partition coefficient (Wildman–Crippen LogP) is 2.48. The highest BCUT2D eigenvalue weighted by molar-refractivity contribution is 5.91. The van der Waals surface area contributed by atoms with Gasteiger partial charge in [-0.25, -0.2) is 4.79 Å². The van der Waals surface area contributed by atoms with Crippen LogP contribution in [0.15, 0.2) is 18.5 Å². The van der Waals surface area contributed by atoms with Gasteiger partial charge in [0, 0.05) is 12.7 Å². The Kier molecular flexibility index (Phi) is 5.15. The fourth-order valence-electron chi connectivity index (χ4n) is 2.53. The zero-order chi connectivity index (χ0) is 17.0. The molecule has 1 aromatic rings. The summed E-state index contributed by atoms with van der Waals surface area (Å²) < 4.78 is 5.46. The Labute approximate surface area is 135 Å². The van der Waals surface area contributed by atoms with Crippen molar-refractivity contribution in [3.05, 3.63) is 28.6 Å². The van der Waals surface area contributed by atoms with Crippen molar-refractivity contribution in [3.63, 3.8) is 0 Å². The Morgan fingerprint density at radius 2 is 2.26 bits per heavy atom. The fraction of sp³-hybridized carbons (Fsp3) is 0.600. The number of carbonyl (C=O) groups excluding carboxylic acids is 1. The molecule has 1 unspecified atom stereocenters. The summed E-state index contributed by atoms with van der Waals surface area (Å²) in [4.78, 5) is 28.6. The molecule has 1 amide bonds. The molecule has 0 radical (unpaired) electrons. The van der Waals surface area contributed by atoms with Crippen molar-refractivity contribution in [1.82, 2.24) is 10.3 Å². The molecule has 0 aromatic carbocycles. The quantitative estimate of drug-likeness (QED) is 0.678. The fourth-order valence-corrected chi connectivity index (χ4v) is 2.53. The first-order valence-electron chi connectivity index (χ1n) is 7.61. The van der Waals surface area contributed by atoms with E-state index in [4.69, 9.17) is 4.74 Å². The normalized spacial score (nSPS) is 18.3. The second kappa shape index (κ2) is 6.91. The van der Waals surface area contributed by atoms with Crippen molar-refractivity contribution < 1.29 is 14.5 Å². The number of nitrogens with one attached hydrogen (secondary N) is 1. The van der Waals surface area contributed by atoms with Crippen LogP contribution in [0, 0.1) is 10.1 Å². The monoisotopic (exact) mass is 322 g/mol. The van der Waals surface area contributed by atoms with Crippen LogP contribution in [0.25, 0.3) is 0 Å². The largest absolute Gasteiger partial charge is 0.443 e. The highest BCUT2D eigenvalue weighted by Gasteiger charge is 2.34. The van der Waals surface area contributed by atoms with Crippen LogP contribution in [-0.4, -0.2) is 40.7 Å². The highest BCUT2D eigenvalue weighted by atomic mass is 16.6. The van der Waals surface area contributed by atoms with Crippen LogP contribution in [0.5, 0.6) is 0 Å². The van der Waals surface area contributed by atoms with Gasteiger partial charge in [-0.3, -0.25) is 20.0 Å². The summed E-state index contributed by atoms with van der Waals surface area (Å²) in [5, 5.41) is 14.5. The molecular weight excluding hydrogens is 300 g/mol. The molecule has 8 heteroatoms. The van der Waals surface area contributed by atoms with Crippen LogP contribution in [-0.2, 0) is 4.74 Å². The van der Waals surface area contributed by atoms with Crippen molar-refractivity contribution in [2.75, 3.05) is 18.0 Å². The lowest BCUT2D eigenvalue weighted by Gasteiger charge is -2.35. The molecule has 1 aliphatic rings. The summed E-state index contributed by atoms with van der Waals surface area (Å²) >= 11 is 0. The van der Waals surface area contributed by atoms with Gasteiger partial charge >= 0.3 is 11.8 Å². The topological polar surface area (TPSA) is 97.6 Å². The lowest BCUT2D eigenvalue weighted by atomic mass is 10.1. The minimum atomic E-state index is -0.681. The number of hydrogen-bond donors (Lipinski definition) is 1. The number of carbonyl (C=O) groups is 1. The Hall–Kier alpha value is -2.22. The van der Waals surface area contributed by atoms with Crippen LogP contribution in [0.1, 0.15) is 33.6 Å². The molecule has 1 N–H and O–H groups in total. The number of amides is 1. The summed E-state index contributed by atoms with van der Waals surface area (Å²) in [5.41, 5.74) is -0.670. The van der Waals surface area contributed by atoms with Crippen LogP contribution < -0.4 is 10.2 Å². The van der Waals surface area contributed by atoms with Crippen LogP contribution in [0.2, 0.25) is 0 Å². The number of pyridine rings is 1. The minimum absolute atomic E-state index is 0.195. The second-order valence-electron chi connectivity index (χ2n) is 6.47. The average molecular weight is 322 g/mol. The third kappa shape index (κ3) is 4.38. The number of aromatic nitrogens is 1. The van der Waals surface area contributed by atoms with E-state index >= 15 is 0 Å². The molecule has 0 bridgehead atoms. The van der Waals surface area contributed by atoms with Crippen molar-refractivity contribution in [2.24, 2.45) is 0 Å². The summed E-state index contributed by atoms with van der Waals surface area (Å²) in [6, 6.07) is 1.29. The number of anilines is 1. The van der Waals surface area contributed by atoms with Gasteiger partial charge in [0.15, 0.2) is 0 Å². The van der Waals surface area contributed by atoms with E-state index < -0.39 is 16.6 Å². The Bertz CT molecular complexity index is 579. The summed E-state index contributed by atoms with van der Waals surface area (Å²) in [7, 11) is 0. The Morgan fingerprint density at radius 3 is 2.83 bits per heavy atom. The molecule has 126 valence electrons. The van der Waals surface area contributed by atoms with E-state index in [9.17, 15) is 14.9 Å². The molecule has 0 saturated carbocycles. The van der Waals surface area contributed by atoms with Crippen molar-refractivity contribution >= 4 is 17.5 Å². The van der Waals surface area contributed by atoms with Crippen molar-refractivity contribution in [3.8, 4) is 0 Å². The highest BCUT2D eigenvalue weighted by Crippen LogP contribution is 2.31. The predicted molar refractivity (Wildman–Crippen MR) is 85.5 cm³/mol. The third-order valence-electron chi connectivity index (χ3n) is 3.46. The standard InChI is InChI=1S/C15H22N4O4/c1-15(2,3)23-14(20)18(11-5-4-7-16-9-11)12-6-8-17-10-13(12)19(21)22/h6,8,10-11,16H,4-5,7,9H2,1-3H3. The molecule has 1 aliphatic heterocycles. The van der Waals surface area contributed by atoms with Gasteiger partial charge in [-0.1, -0.05) is 0 Å². The van der Waals surface area contributed by atoms with Crippen LogP contribution in [0.3, 0.4) is 0 Å². The van der Waals surface area contributed by atoms with Crippen molar-refractivity contribution in [2.45, 2.75) is 45.3 Å². The Balaban J connectivity index is 2.41. The van der Waals surface area contributed by atoms with E-state index in [0.717, 1.165) is 25.6 Å². The molecule has 2 rings (SSSR count). The number of ether oxygens (including phenoxy) is 1. The van der Waals surface area contributed by atoms with Gasteiger partial charge in [-0.05, 0) is 46.2 Å². The number of hydrogen-bond acceptors (Lipinski definition) is 6. The van der Waals surface area contributed by atoms with Gasteiger partial charge < -0.3 is 10.1 Å². The molecular formula is C15H22N4O4. The van der Waals surface area contributed by atoms with E-state index in [1.807, 2.05) is 0 Å². The number of nitro groups is 1. The summed E-state index contributed by atoms with van der Waals surface area (Å²) in [5.74, 6) is 0.